The summed E-state index contributed by atoms with van der Waals surface area (Å²) in [5.74, 6) is -0.607. The first-order chi connectivity index (χ1) is 6.20. The van der Waals surface area contributed by atoms with E-state index in [2.05, 4.69) is 10.3 Å². The van der Waals surface area contributed by atoms with Gasteiger partial charge in [0.15, 0.2) is 11.0 Å². The Labute approximate surface area is 97.2 Å². The van der Waals surface area contributed by atoms with E-state index in [0.29, 0.717) is 13.0 Å². The smallest absolute Gasteiger partial charge is 0.179 e. The Bertz CT molecular complexity index is 357. The van der Waals surface area contributed by atoms with Gasteiger partial charge in [0.05, 0.1) is 10.7 Å². The van der Waals surface area contributed by atoms with Crippen LogP contribution in [0.15, 0.2) is 0 Å². The normalized spacial score (nSPS) is 14.5. The minimum atomic E-state index is -0.607. The second-order valence-electron chi connectivity index (χ2n) is 2.88. The molecule has 0 radical (unpaired) electrons. The number of halogens is 4. The summed E-state index contributed by atoms with van der Waals surface area (Å²) >= 11 is 11.3. The van der Waals surface area contributed by atoms with Gasteiger partial charge in [-0.25, -0.2) is 9.37 Å². The molecule has 14 heavy (non-hydrogen) atoms. The van der Waals surface area contributed by atoms with E-state index >= 15 is 0 Å². The van der Waals surface area contributed by atoms with Gasteiger partial charge in [-0.1, -0.05) is 23.2 Å². The van der Waals surface area contributed by atoms with Crippen molar-refractivity contribution in [1.29, 1.82) is 0 Å². The Kier molecular flexibility index (Phi) is 3.95. The van der Waals surface area contributed by atoms with Crippen LogP contribution >= 0.6 is 35.6 Å². The molecule has 0 fully saturated rings. The van der Waals surface area contributed by atoms with E-state index in [-0.39, 0.29) is 22.6 Å². The summed E-state index contributed by atoms with van der Waals surface area (Å²) in [7, 11) is 0. The predicted molar refractivity (Wildman–Crippen MR) is 56.9 cm³/mol. The number of aromatic nitrogens is 1. The predicted octanol–water partition coefficient (Wildman–Crippen LogP) is 2.60. The summed E-state index contributed by atoms with van der Waals surface area (Å²) in [6.07, 6.45) is 0.704. The van der Waals surface area contributed by atoms with Crippen molar-refractivity contribution >= 4 is 35.6 Å². The van der Waals surface area contributed by atoms with Gasteiger partial charge in [-0.05, 0) is 18.5 Å². The Balaban J connectivity index is 0.000000980. The molecule has 0 aliphatic carbocycles. The number of pyridine rings is 1. The number of rotatable bonds is 0. The minimum absolute atomic E-state index is 0. The van der Waals surface area contributed by atoms with Crippen LogP contribution < -0.4 is 5.32 Å². The average Bonchev–Trinajstić information content (AvgIpc) is 2.15. The lowest BCUT2D eigenvalue weighted by Crippen LogP contribution is -2.25. The second-order valence-corrected chi connectivity index (χ2v) is 3.62. The number of nitrogens with one attached hydrogen (secondary N) is 1. The van der Waals surface area contributed by atoms with Crippen molar-refractivity contribution in [3.05, 3.63) is 27.3 Å². The van der Waals surface area contributed by atoms with Gasteiger partial charge in [-0.3, -0.25) is 0 Å². The molecule has 1 aromatic heterocycles. The van der Waals surface area contributed by atoms with Crippen LogP contribution in [0.5, 0.6) is 0 Å². The first-order valence-electron chi connectivity index (χ1n) is 3.93. The van der Waals surface area contributed by atoms with E-state index in [1.165, 1.54) is 0 Å². The van der Waals surface area contributed by atoms with Crippen molar-refractivity contribution < 1.29 is 4.39 Å². The molecular weight excluding hydrogens is 249 g/mol. The first kappa shape index (κ1) is 12.0. The van der Waals surface area contributed by atoms with Crippen molar-refractivity contribution in [2.75, 3.05) is 6.54 Å². The van der Waals surface area contributed by atoms with Crippen LogP contribution in [0.4, 0.5) is 4.39 Å². The SMILES string of the molecule is Cl.Fc1c(Cl)nc2c(c1Cl)CCNC2. The van der Waals surface area contributed by atoms with Crippen LogP contribution in [0.2, 0.25) is 10.2 Å². The molecule has 1 aliphatic rings. The maximum atomic E-state index is 13.2. The van der Waals surface area contributed by atoms with Gasteiger partial charge >= 0.3 is 0 Å². The van der Waals surface area contributed by atoms with E-state index in [9.17, 15) is 4.39 Å². The highest BCUT2D eigenvalue weighted by molar-refractivity contribution is 6.34. The monoisotopic (exact) mass is 256 g/mol. The quantitative estimate of drug-likeness (QED) is 0.723. The van der Waals surface area contributed by atoms with Crippen LogP contribution in [-0.4, -0.2) is 11.5 Å². The van der Waals surface area contributed by atoms with Crippen molar-refractivity contribution in [3.63, 3.8) is 0 Å². The van der Waals surface area contributed by atoms with Crippen molar-refractivity contribution in [2.24, 2.45) is 0 Å². The van der Waals surface area contributed by atoms with E-state index in [0.717, 1.165) is 17.8 Å². The summed E-state index contributed by atoms with van der Waals surface area (Å²) < 4.78 is 13.2. The number of fused-ring (bicyclic) bond motifs is 1. The summed E-state index contributed by atoms with van der Waals surface area (Å²) in [5.41, 5.74) is 1.53. The van der Waals surface area contributed by atoms with Crippen LogP contribution in [-0.2, 0) is 13.0 Å². The molecule has 6 heteroatoms. The van der Waals surface area contributed by atoms with Gasteiger partial charge in [0, 0.05) is 6.54 Å². The average molecular weight is 258 g/mol. The van der Waals surface area contributed by atoms with Crippen LogP contribution in [0.25, 0.3) is 0 Å². The Morgan fingerprint density at radius 1 is 1.36 bits per heavy atom. The Morgan fingerprint density at radius 2 is 2.07 bits per heavy atom. The van der Waals surface area contributed by atoms with Crippen LogP contribution in [0.3, 0.4) is 0 Å². The minimum Gasteiger partial charge on any atom is -0.311 e. The van der Waals surface area contributed by atoms with Gasteiger partial charge < -0.3 is 5.32 Å². The summed E-state index contributed by atoms with van der Waals surface area (Å²) in [4.78, 5) is 3.92. The zero-order valence-electron chi connectivity index (χ0n) is 7.11. The molecule has 0 saturated carbocycles. The topological polar surface area (TPSA) is 24.9 Å². The highest BCUT2D eigenvalue weighted by Gasteiger charge is 2.19. The van der Waals surface area contributed by atoms with E-state index in [4.69, 9.17) is 23.2 Å². The van der Waals surface area contributed by atoms with Gasteiger partial charge in [0.2, 0.25) is 0 Å². The highest BCUT2D eigenvalue weighted by atomic mass is 35.5. The van der Waals surface area contributed by atoms with Crippen LogP contribution in [0, 0.1) is 5.82 Å². The molecule has 0 spiro atoms. The van der Waals surface area contributed by atoms with E-state index in [1.807, 2.05) is 0 Å². The standard InChI is InChI=1S/C8H7Cl2FN2.ClH/c9-6-4-1-2-12-3-5(4)13-8(10)7(6)11;/h12H,1-3H2;1H. The lowest BCUT2D eigenvalue weighted by Gasteiger charge is -2.17. The lowest BCUT2D eigenvalue weighted by molar-refractivity contribution is 0.589. The largest absolute Gasteiger partial charge is 0.311 e. The maximum absolute atomic E-state index is 13.2. The molecule has 0 saturated heterocycles. The summed E-state index contributed by atoms with van der Waals surface area (Å²) in [5, 5.41) is 3.09. The Morgan fingerprint density at radius 3 is 2.79 bits per heavy atom. The molecule has 2 rings (SSSR count). The van der Waals surface area contributed by atoms with Crippen molar-refractivity contribution in [1.82, 2.24) is 10.3 Å². The molecule has 2 nitrogen and oxygen atoms in total. The lowest BCUT2D eigenvalue weighted by atomic mass is 10.1. The van der Waals surface area contributed by atoms with E-state index in [1.54, 1.807) is 0 Å². The number of hydrogen-bond donors (Lipinski definition) is 1. The molecule has 0 atom stereocenters. The zero-order valence-corrected chi connectivity index (χ0v) is 9.44. The summed E-state index contributed by atoms with van der Waals surface area (Å²) in [6.45, 7) is 1.41. The first-order valence-corrected chi connectivity index (χ1v) is 4.68. The molecular formula is C8H8Cl3FN2. The second kappa shape index (κ2) is 4.62. The van der Waals surface area contributed by atoms with Gasteiger partial charge in [0.1, 0.15) is 0 Å². The fourth-order valence-electron chi connectivity index (χ4n) is 1.41. The zero-order chi connectivity index (χ0) is 9.42. The molecule has 78 valence electrons. The third-order valence-electron chi connectivity index (χ3n) is 2.06. The maximum Gasteiger partial charge on any atom is 0.179 e. The number of hydrogen-bond acceptors (Lipinski definition) is 2. The fraction of sp³-hybridized carbons (Fsp3) is 0.375. The molecule has 1 N–H and O–H groups in total. The van der Waals surface area contributed by atoms with Gasteiger partial charge in [-0.15, -0.1) is 12.4 Å². The third-order valence-corrected chi connectivity index (χ3v) is 2.71. The molecule has 0 bridgehead atoms. The van der Waals surface area contributed by atoms with Gasteiger partial charge in [0.25, 0.3) is 0 Å². The molecule has 0 amide bonds. The Hall–Kier alpha value is -0.0900. The summed E-state index contributed by atoms with van der Waals surface area (Å²) in [6, 6.07) is 0. The van der Waals surface area contributed by atoms with Crippen molar-refractivity contribution in [3.8, 4) is 0 Å². The molecule has 1 aliphatic heterocycles. The van der Waals surface area contributed by atoms with Gasteiger partial charge in [-0.2, -0.15) is 0 Å². The molecule has 0 aromatic carbocycles. The van der Waals surface area contributed by atoms with Crippen molar-refractivity contribution in [2.45, 2.75) is 13.0 Å². The molecule has 2 heterocycles. The highest BCUT2D eigenvalue weighted by Crippen LogP contribution is 2.28. The fourth-order valence-corrected chi connectivity index (χ4v) is 1.94. The van der Waals surface area contributed by atoms with E-state index < -0.39 is 5.82 Å². The van der Waals surface area contributed by atoms with Crippen LogP contribution in [0.1, 0.15) is 11.3 Å². The number of nitrogens with zero attached hydrogens (tertiary/aromatic N) is 1. The molecule has 0 unspecified atom stereocenters. The third kappa shape index (κ3) is 1.96. The molecule has 1 aromatic rings.